The topological polar surface area (TPSA) is 49.4 Å². The molecule has 0 saturated heterocycles. The first-order valence-electron chi connectivity index (χ1n) is 7.47. The molecule has 0 saturated carbocycles. The lowest BCUT2D eigenvalue weighted by Crippen LogP contribution is -2.39. The molecule has 0 spiro atoms. The van der Waals surface area contributed by atoms with E-state index >= 15 is 0 Å². The SMILES string of the molecule is O=C(CN1C(=O)CSC=C1c1ccccc1)Nc1ccc(F)c(Cl)c1. The van der Waals surface area contributed by atoms with E-state index in [-0.39, 0.29) is 29.1 Å². The minimum absolute atomic E-state index is 0.0758. The second-order valence-electron chi connectivity index (χ2n) is 5.34. The van der Waals surface area contributed by atoms with E-state index in [9.17, 15) is 14.0 Å². The standard InChI is InChI=1S/C18H14ClFN2O2S/c19-14-8-13(6-7-15(14)20)21-17(23)9-22-16(10-25-11-18(22)24)12-4-2-1-3-5-12/h1-8,10H,9,11H2,(H,21,23). The highest BCUT2D eigenvalue weighted by Gasteiger charge is 2.25. The maximum atomic E-state index is 13.2. The molecule has 7 heteroatoms. The van der Waals surface area contributed by atoms with Gasteiger partial charge >= 0.3 is 0 Å². The fraction of sp³-hybridized carbons (Fsp3) is 0.111. The molecular formula is C18H14ClFN2O2S. The second-order valence-corrected chi connectivity index (χ2v) is 6.60. The van der Waals surface area contributed by atoms with Crippen LogP contribution >= 0.6 is 23.4 Å². The molecule has 2 aromatic carbocycles. The maximum Gasteiger partial charge on any atom is 0.244 e. The monoisotopic (exact) mass is 376 g/mol. The number of rotatable bonds is 4. The average molecular weight is 377 g/mol. The Balaban J connectivity index is 1.75. The van der Waals surface area contributed by atoms with Gasteiger partial charge in [-0.05, 0) is 29.2 Å². The summed E-state index contributed by atoms with van der Waals surface area (Å²) in [6.45, 7) is -0.130. The summed E-state index contributed by atoms with van der Waals surface area (Å²) in [6.07, 6.45) is 0. The minimum Gasteiger partial charge on any atom is -0.324 e. The average Bonchev–Trinajstić information content (AvgIpc) is 2.61. The Bertz CT molecular complexity index is 842. The number of benzene rings is 2. The number of halogens is 2. The summed E-state index contributed by atoms with van der Waals surface area (Å²) in [5.74, 6) is -0.799. The molecule has 128 valence electrons. The van der Waals surface area contributed by atoms with Crippen LogP contribution < -0.4 is 5.32 Å². The summed E-state index contributed by atoms with van der Waals surface area (Å²) in [4.78, 5) is 26.1. The van der Waals surface area contributed by atoms with Gasteiger partial charge in [-0.2, -0.15) is 0 Å². The smallest absolute Gasteiger partial charge is 0.244 e. The van der Waals surface area contributed by atoms with Gasteiger partial charge in [0.15, 0.2) is 0 Å². The van der Waals surface area contributed by atoms with Crippen LogP contribution in [-0.2, 0) is 9.59 Å². The molecule has 0 fully saturated rings. The maximum absolute atomic E-state index is 13.2. The van der Waals surface area contributed by atoms with Crippen LogP contribution in [0.4, 0.5) is 10.1 Å². The molecule has 3 rings (SSSR count). The van der Waals surface area contributed by atoms with Gasteiger partial charge in [0.2, 0.25) is 11.8 Å². The molecular weight excluding hydrogens is 363 g/mol. The predicted octanol–water partition coefficient (Wildman–Crippen LogP) is 3.99. The van der Waals surface area contributed by atoms with Crippen LogP contribution in [0.5, 0.6) is 0 Å². The Morgan fingerprint density at radius 1 is 1.24 bits per heavy atom. The lowest BCUT2D eigenvalue weighted by molar-refractivity contribution is -0.129. The van der Waals surface area contributed by atoms with Crippen molar-refractivity contribution in [1.82, 2.24) is 4.90 Å². The Morgan fingerprint density at radius 2 is 2.00 bits per heavy atom. The first-order valence-corrected chi connectivity index (χ1v) is 8.90. The van der Waals surface area contributed by atoms with Crippen LogP contribution in [0, 0.1) is 5.82 Å². The molecule has 0 radical (unpaired) electrons. The molecule has 1 heterocycles. The fourth-order valence-electron chi connectivity index (χ4n) is 2.39. The fourth-order valence-corrected chi connectivity index (χ4v) is 3.38. The van der Waals surface area contributed by atoms with Crippen LogP contribution in [0.25, 0.3) is 5.70 Å². The molecule has 2 aromatic rings. The molecule has 0 bridgehead atoms. The van der Waals surface area contributed by atoms with Crippen molar-refractivity contribution in [2.24, 2.45) is 0 Å². The van der Waals surface area contributed by atoms with Gasteiger partial charge in [-0.15, -0.1) is 11.8 Å². The first kappa shape index (κ1) is 17.5. The Kier molecular flexibility index (Phi) is 5.40. The van der Waals surface area contributed by atoms with Crippen molar-refractivity contribution in [3.05, 3.63) is 70.3 Å². The van der Waals surface area contributed by atoms with Gasteiger partial charge in [0.05, 0.1) is 16.5 Å². The zero-order chi connectivity index (χ0) is 17.8. The molecule has 0 atom stereocenters. The number of thioether (sulfide) groups is 1. The van der Waals surface area contributed by atoms with Gasteiger partial charge in [0.1, 0.15) is 12.4 Å². The highest BCUT2D eigenvalue weighted by atomic mass is 35.5. The van der Waals surface area contributed by atoms with Crippen molar-refractivity contribution in [2.75, 3.05) is 17.6 Å². The van der Waals surface area contributed by atoms with Crippen LogP contribution in [-0.4, -0.2) is 29.0 Å². The van der Waals surface area contributed by atoms with E-state index in [0.29, 0.717) is 11.4 Å². The van der Waals surface area contributed by atoms with Gasteiger partial charge in [-0.3, -0.25) is 9.59 Å². The van der Waals surface area contributed by atoms with Gasteiger partial charge in [0, 0.05) is 5.69 Å². The van der Waals surface area contributed by atoms with Crippen molar-refractivity contribution in [3.8, 4) is 0 Å². The molecule has 1 N–H and O–H groups in total. The van der Waals surface area contributed by atoms with E-state index in [2.05, 4.69) is 5.32 Å². The van der Waals surface area contributed by atoms with Crippen molar-refractivity contribution < 1.29 is 14.0 Å². The number of carbonyl (C=O) groups excluding carboxylic acids is 2. The summed E-state index contributed by atoms with van der Waals surface area (Å²) < 4.78 is 13.2. The molecule has 0 aliphatic carbocycles. The highest BCUT2D eigenvalue weighted by Crippen LogP contribution is 2.28. The molecule has 4 nitrogen and oxygen atoms in total. The van der Waals surface area contributed by atoms with E-state index in [1.54, 1.807) is 0 Å². The van der Waals surface area contributed by atoms with Crippen molar-refractivity contribution in [1.29, 1.82) is 0 Å². The predicted molar refractivity (Wildman–Crippen MR) is 98.6 cm³/mol. The van der Waals surface area contributed by atoms with E-state index in [1.165, 1.54) is 34.9 Å². The van der Waals surface area contributed by atoms with Gasteiger partial charge in [-0.25, -0.2) is 4.39 Å². The number of anilines is 1. The summed E-state index contributed by atoms with van der Waals surface area (Å²) in [5.41, 5.74) is 1.93. The number of hydrogen-bond donors (Lipinski definition) is 1. The van der Waals surface area contributed by atoms with Crippen LogP contribution in [0.3, 0.4) is 0 Å². The zero-order valence-electron chi connectivity index (χ0n) is 13.0. The molecule has 1 aliphatic heterocycles. The summed E-state index contributed by atoms with van der Waals surface area (Å²) in [6, 6.07) is 13.3. The number of nitrogens with one attached hydrogen (secondary N) is 1. The Labute approximate surface area is 153 Å². The summed E-state index contributed by atoms with van der Waals surface area (Å²) in [5, 5.41) is 4.43. The first-order chi connectivity index (χ1) is 12.0. The van der Waals surface area contributed by atoms with Crippen molar-refractivity contribution in [3.63, 3.8) is 0 Å². The third-order valence-electron chi connectivity index (χ3n) is 3.57. The number of carbonyl (C=O) groups is 2. The zero-order valence-corrected chi connectivity index (χ0v) is 14.6. The quantitative estimate of drug-likeness (QED) is 0.877. The lowest BCUT2D eigenvalue weighted by Gasteiger charge is -2.28. The second kappa shape index (κ2) is 7.72. The Hall–Kier alpha value is -2.31. The lowest BCUT2D eigenvalue weighted by atomic mass is 10.1. The third kappa shape index (κ3) is 4.21. The van der Waals surface area contributed by atoms with E-state index < -0.39 is 5.82 Å². The van der Waals surface area contributed by atoms with E-state index in [1.807, 2.05) is 35.7 Å². The van der Waals surface area contributed by atoms with E-state index in [0.717, 1.165) is 5.56 Å². The summed E-state index contributed by atoms with van der Waals surface area (Å²) >= 11 is 7.11. The summed E-state index contributed by atoms with van der Waals surface area (Å²) in [7, 11) is 0. The molecule has 1 aliphatic rings. The normalized spacial score (nSPS) is 14.2. The number of nitrogens with zero attached hydrogens (tertiary/aromatic N) is 1. The third-order valence-corrected chi connectivity index (χ3v) is 4.66. The molecule has 25 heavy (non-hydrogen) atoms. The molecule has 0 unspecified atom stereocenters. The van der Waals surface area contributed by atoms with Crippen molar-refractivity contribution >= 4 is 46.6 Å². The van der Waals surface area contributed by atoms with Crippen LogP contribution in [0.1, 0.15) is 5.56 Å². The van der Waals surface area contributed by atoms with Crippen LogP contribution in [0.15, 0.2) is 53.9 Å². The molecule has 0 aromatic heterocycles. The Morgan fingerprint density at radius 3 is 2.72 bits per heavy atom. The minimum atomic E-state index is -0.558. The van der Waals surface area contributed by atoms with Gasteiger partial charge in [0.25, 0.3) is 0 Å². The largest absolute Gasteiger partial charge is 0.324 e. The van der Waals surface area contributed by atoms with Crippen LogP contribution in [0.2, 0.25) is 5.02 Å². The van der Waals surface area contributed by atoms with Crippen molar-refractivity contribution in [2.45, 2.75) is 0 Å². The molecule has 2 amide bonds. The number of hydrogen-bond acceptors (Lipinski definition) is 3. The van der Waals surface area contributed by atoms with Gasteiger partial charge in [-0.1, -0.05) is 41.9 Å². The van der Waals surface area contributed by atoms with E-state index in [4.69, 9.17) is 11.6 Å². The van der Waals surface area contributed by atoms with Gasteiger partial charge < -0.3 is 10.2 Å². The highest BCUT2D eigenvalue weighted by molar-refractivity contribution is 8.03. The number of amides is 2.